The Balaban J connectivity index is 1.34. The average Bonchev–Trinajstić information content (AvgIpc) is 3.68. The topological polar surface area (TPSA) is 99.1 Å². The van der Waals surface area contributed by atoms with Crippen LogP contribution in [0.3, 0.4) is 0 Å². The summed E-state index contributed by atoms with van der Waals surface area (Å²) < 4.78 is 6.25. The van der Waals surface area contributed by atoms with Crippen LogP contribution in [0.5, 0.6) is 5.75 Å². The van der Waals surface area contributed by atoms with Gasteiger partial charge in [0.25, 0.3) is 0 Å². The number of benzene rings is 1. The molecule has 3 saturated carbocycles. The molecule has 0 radical (unpaired) electrons. The molecule has 7 unspecified atom stereocenters. The summed E-state index contributed by atoms with van der Waals surface area (Å²) in [6.07, 6.45) is 9.78. The highest BCUT2D eigenvalue weighted by molar-refractivity contribution is 5.96. The van der Waals surface area contributed by atoms with Gasteiger partial charge in [0.05, 0.1) is 18.6 Å². The predicted molar refractivity (Wildman–Crippen MR) is 134 cm³/mol. The summed E-state index contributed by atoms with van der Waals surface area (Å²) in [6, 6.07) is 7.08. The molecule has 1 aliphatic heterocycles. The van der Waals surface area contributed by atoms with Gasteiger partial charge in [-0.1, -0.05) is 37.5 Å². The van der Waals surface area contributed by atoms with Gasteiger partial charge >= 0.3 is 0 Å². The summed E-state index contributed by atoms with van der Waals surface area (Å²) in [5, 5.41) is 23.8. The van der Waals surface area contributed by atoms with Crippen molar-refractivity contribution in [2.45, 2.75) is 88.0 Å². The fraction of sp³-hybridized carbons (Fsp3) is 0.655. The Labute approximate surface area is 212 Å². The van der Waals surface area contributed by atoms with E-state index >= 15 is 0 Å². The smallest absolute Gasteiger partial charge is 0.247 e. The van der Waals surface area contributed by atoms with Crippen LogP contribution in [0, 0.1) is 17.8 Å². The van der Waals surface area contributed by atoms with Crippen LogP contribution in [-0.2, 0) is 9.59 Å². The molecule has 0 saturated heterocycles. The molecule has 1 heterocycles. The molecule has 0 spiro atoms. The fourth-order valence-electron chi connectivity index (χ4n) is 7.91. The number of fused-ring (bicyclic) bond motifs is 5. The highest BCUT2D eigenvalue weighted by Gasteiger charge is 2.52. The third-order valence-corrected chi connectivity index (χ3v) is 9.53. The zero-order chi connectivity index (χ0) is 24.8. The minimum atomic E-state index is -0.929. The van der Waals surface area contributed by atoms with E-state index < -0.39 is 24.2 Å². The quantitative estimate of drug-likeness (QED) is 0.541. The Morgan fingerprint density at radius 2 is 1.89 bits per heavy atom. The molecule has 2 bridgehead atoms. The van der Waals surface area contributed by atoms with E-state index in [2.05, 4.69) is 5.32 Å². The van der Waals surface area contributed by atoms with Gasteiger partial charge in [-0.25, -0.2) is 0 Å². The van der Waals surface area contributed by atoms with Crippen LogP contribution in [0.4, 0.5) is 0 Å². The molecular weight excluding hydrogens is 456 g/mol. The summed E-state index contributed by atoms with van der Waals surface area (Å²) in [5.74, 6) is 1.99. The fourth-order valence-corrected chi connectivity index (χ4v) is 7.91. The Morgan fingerprint density at radius 3 is 2.61 bits per heavy atom. The lowest BCUT2D eigenvalue weighted by molar-refractivity contribution is -0.141. The van der Waals surface area contributed by atoms with E-state index in [4.69, 9.17) is 4.74 Å². The highest BCUT2D eigenvalue weighted by atomic mass is 16.5. The Bertz CT molecular complexity index is 1030. The first kappa shape index (κ1) is 24.0. The third kappa shape index (κ3) is 4.14. The van der Waals surface area contributed by atoms with Gasteiger partial charge in [-0.05, 0) is 62.0 Å². The molecular formula is C29H38N2O5. The van der Waals surface area contributed by atoms with E-state index in [0.29, 0.717) is 29.6 Å². The molecule has 1 aromatic carbocycles. The van der Waals surface area contributed by atoms with Gasteiger partial charge in [-0.3, -0.25) is 9.59 Å². The summed E-state index contributed by atoms with van der Waals surface area (Å²) in [5.41, 5.74) is 1.40. The number of ether oxygens (including phenoxy) is 1. The van der Waals surface area contributed by atoms with Crippen molar-refractivity contribution in [2.24, 2.45) is 17.8 Å². The minimum Gasteiger partial charge on any atom is -0.486 e. The first-order valence-corrected chi connectivity index (χ1v) is 13.9. The molecule has 7 heteroatoms. The third-order valence-electron chi connectivity index (χ3n) is 9.53. The van der Waals surface area contributed by atoms with Crippen LogP contribution in [0.25, 0.3) is 0 Å². The molecule has 1 aromatic rings. The molecule has 4 aliphatic carbocycles. The van der Waals surface area contributed by atoms with Gasteiger partial charge < -0.3 is 25.2 Å². The number of carbonyl (C=O) groups excluding carboxylic acids is 2. The van der Waals surface area contributed by atoms with Crippen molar-refractivity contribution in [3.05, 3.63) is 41.5 Å². The number of nitrogens with one attached hydrogen (secondary N) is 1. The number of amides is 2. The van der Waals surface area contributed by atoms with Gasteiger partial charge in [0.2, 0.25) is 11.8 Å². The van der Waals surface area contributed by atoms with Crippen molar-refractivity contribution in [1.82, 2.24) is 10.2 Å². The van der Waals surface area contributed by atoms with E-state index in [0.717, 1.165) is 43.6 Å². The monoisotopic (exact) mass is 494 g/mol. The molecule has 2 amide bonds. The summed E-state index contributed by atoms with van der Waals surface area (Å²) >= 11 is 0. The van der Waals surface area contributed by atoms with E-state index in [1.165, 1.54) is 19.3 Å². The largest absolute Gasteiger partial charge is 0.486 e. The maximum atomic E-state index is 14.0. The first-order chi connectivity index (χ1) is 17.5. The SMILES string of the molecule is O=C(NCCO)C1=CC(N(C(=O)CC2CC3CCC2C3)C2CCCC2)C(O)C2Oc3ccccc3C12. The number of rotatable bonds is 7. The van der Waals surface area contributed by atoms with Crippen molar-refractivity contribution in [3.63, 3.8) is 0 Å². The molecule has 5 aliphatic rings. The van der Waals surface area contributed by atoms with Crippen molar-refractivity contribution < 1.29 is 24.5 Å². The zero-order valence-corrected chi connectivity index (χ0v) is 20.9. The van der Waals surface area contributed by atoms with Gasteiger partial charge in [-0.2, -0.15) is 0 Å². The number of nitrogens with zero attached hydrogens (tertiary/aromatic N) is 1. The zero-order valence-electron chi connectivity index (χ0n) is 20.9. The lowest BCUT2D eigenvalue weighted by Crippen LogP contribution is -2.58. The Morgan fingerprint density at radius 1 is 1.08 bits per heavy atom. The van der Waals surface area contributed by atoms with Crippen molar-refractivity contribution >= 4 is 11.8 Å². The predicted octanol–water partition coefficient (Wildman–Crippen LogP) is 2.91. The van der Waals surface area contributed by atoms with Crippen LogP contribution >= 0.6 is 0 Å². The Hall–Kier alpha value is -2.38. The standard InChI is InChI=1S/C29H38N2O5/c32-12-11-30-29(35)22-16-23(27(34)28-26(22)21-7-3-4-8-24(21)36-28)31(20-5-1-2-6-20)25(33)15-19-14-17-9-10-18(19)13-17/h3-4,7-8,16-20,23,26-28,32,34H,1-2,5-6,9-15H2,(H,30,35). The van der Waals surface area contributed by atoms with Crippen LogP contribution in [0.1, 0.15) is 69.3 Å². The molecule has 7 atom stereocenters. The number of para-hydroxylation sites is 1. The molecule has 3 fully saturated rings. The second-order valence-electron chi connectivity index (χ2n) is 11.6. The van der Waals surface area contributed by atoms with Gasteiger partial charge in [0.1, 0.15) is 18.0 Å². The lowest BCUT2D eigenvalue weighted by Gasteiger charge is -2.43. The first-order valence-electron chi connectivity index (χ1n) is 13.9. The lowest BCUT2D eigenvalue weighted by atomic mass is 9.77. The van der Waals surface area contributed by atoms with E-state index in [-0.39, 0.29) is 31.0 Å². The van der Waals surface area contributed by atoms with Crippen molar-refractivity contribution in [1.29, 1.82) is 0 Å². The Kier molecular flexibility index (Phi) is 6.54. The van der Waals surface area contributed by atoms with Gasteiger partial charge in [-0.15, -0.1) is 0 Å². The molecule has 3 N–H and O–H groups in total. The number of aliphatic hydroxyl groups excluding tert-OH is 2. The van der Waals surface area contributed by atoms with E-state index in [1.807, 2.05) is 35.2 Å². The summed E-state index contributed by atoms with van der Waals surface area (Å²) in [4.78, 5) is 29.2. The van der Waals surface area contributed by atoms with Crippen LogP contribution in [0.15, 0.2) is 35.9 Å². The molecule has 6 rings (SSSR count). The molecule has 7 nitrogen and oxygen atoms in total. The highest BCUT2D eigenvalue weighted by Crippen LogP contribution is 2.51. The normalized spacial score (nSPS) is 34.6. The number of hydrogen-bond acceptors (Lipinski definition) is 5. The van der Waals surface area contributed by atoms with Crippen molar-refractivity contribution in [2.75, 3.05) is 13.2 Å². The van der Waals surface area contributed by atoms with Crippen LogP contribution in [0.2, 0.25) is 0 Å². The summed E-state index contributed by atoms with van der Waals surface area (Å²) in [7, 11) is 0. The van der Waals surface area contributed by atoms with E-state index in [1.54, 1.807) is 0 Å². The maximum Gasteiger partial charge on any atom is 0.247 e. The summed E-state index contributed by atoms with van der Waals surface area (Å²) in [6.45, 7) is 0.00127. The minimum absolute atomic E-state index is 0.0778. The van der Waals surface area contributed by atoms with Gasteiger partial charge in [0, 0.05) is 30.1 Å². The van der Waals surface area contributed by atoms with E-state index in [9.17, 15) is 19.8 Å². The maximum absolute atomic E-state index is 14.0. The van der Waals surface area contributed by atoms with Crippen molar-refractivity contribution in [3.8, 4) is 5.75 Å². The molecule has 194 valence electrons. The second-order valence-corrected chi connectivity index (χ2v) is 11.6. The van der Waals surface area contributed by atoms with Gasteiger partial charge in [0.15, 0.2) is 0 Å². The molecule has 36 heavy (non-hydrogen) atoms. The number of aliphatic hydroxyl groups is 2. The van der Waals surface area contributed by atoms with Crippen LogP contribution in [-0.4, -0.2) is 64.4 Å². The number of hydrogen-bond donors (Lipinski definition) is 3. The average molecular weight is 495 g/mol. The molecule has 0 aromatic heterocycles. The second kappa shape index (κ2) is 9.82. The van der Waals surface area contributed by atoms with Crippen LogP contribution < -0.4 is 10.1 Å². The number of carbonyl (C=O) groups is 2.